The molecular formula is C14H21IN4O2. The average molecular weight is 404 g/mol. The highest BCUT2D eigenvalue weighted by Gasteiger charge is 2.17. The third-order valence-corrected chi connectivity index (χ3v) is 3.55. The molecule has 0 aromatic heterocycles. The number of nitrogens with two attached hydrogens (primary N) is 1. The Morgan fingerprint density at radius 3 is 2.71 bits per heavy atom. The summed E-state index contributed by atoms with van der Waals surface area (Å²) < 4.78 is 0. The molecule has 0 saturated carbocycles. The molecule has 116 valence electrons. The van der Waals surface area contributed by atoms with Gasteiger partial charge in [-0.15, -0.1) is 24.0 Å². The summed E-state index contributed by atoms with van der Waals surface area (Å²) in [7, 11) is 0. The largest absolute Gasteiger partial charge is 0.370 e. The maximum absolute atomic E-state index is 10.6. The van der Waals surface area contributed by atoms with E-state index in [1.807, 2.05) is 0 Å². The minimum Gasteiger partial charge on any atom is -0.370 e. The molecule has 1 aromatic carbocycles. The van der Waals surface area contributed by atoms with E-state index in [4.69, 9.17) is 5.73 Å². The fourth-order valence-electron chi connectivity index (χ4n) is 2.39. The van der Waals surface area contributed by atoms with Crippen molar-refractivity contribution in [2.45, 2.75) is 26.3 Å². The Kier molecular flexibility index (Phi) is 6.86. The maximum Gasteiger partial charge on any atom is 0.269 e. The van der Waals surface area contributed by atoms with Gasteiger partial charge < -0.3 is 10.6 Å². The number of aliphatic imine (C=N–C) groups is 1. The Balaban J connectivity index is 0.00000220. The molecule has 0 aliphatic carbocycles. The third kappa shape index (κ3) is 5.14. The van der Waals surface area contributed by atoms with Crippen LogP contribution in [0.3, 0.4) is 0 Å². The summed E-state index contributed by atoms with van der Waals surface area (Å²) in [6.45, 7) is 4.58. The van der Waals surface area contributed by atoms with E-state index in [-0.39, 0.29) is 29.7 Å². The zero-order valence-corrected chi connectivity index (χ0v) is 14.4. The molecular weight excluding hydrogens is 383 g/mol. The van der Waals surface area contributed by atoms with Crippen molar-refractivity contribution in [2.24, 2.45) is 16.6 Å². The number of nitro benzene ring substituents is 1. The zero-order valence-electron chi connectivity index (χ0n) is 12.1. The first kappa shape index (κ1) is 17.7. The van der Waals surface area contributed by atoms with Crippen LogP contribution in [0.25, 0.3) is 0 Å². The summed E-state index contributed by atoms with van der Waals surface area (Å²) in [5.41, 5.74) is 7.02. The molecule has 1 heterocycles. The van der Waals surface area contributed by atoms with Crippen LogP contribution in [-0.4, -0.2) is 28.9 Å². The highest BCUT2D eigenvalue weighted by Crippen LogP contribution is 2.16. The molecule has 7 heteroatoms. The van der Waals surface area contributed by atoms with Gasteiger partial charge in [-0.05, 0) is 24.3 Å². The summed E-state index contributed by atoms with van der Waals surface area (Å²) >= 11 is 0. The molecule has 0 spiro atoms. The van der Waals surface area contributed by atoms with Crippen molar-refractivity contribution in [3.63, 3.8) is 0 Å². The number of likely N-dealkylation sites (tertiary alicyclic amines) is 1. The van der Waals surface area contributed by atoms with Gasteiger partial charge in [0.2, 0.25) is 0 Å². The van der Waals surface area contributed by atoms with Gasteiger partial charge in [-0.25, -0.2) is 4.99 Å². The number of nitro groups is 1. The Hall–Kier alpha value is -1.38. The van der Waals surface area contributed by atoms with Crippen LogP contribution < -0.4 is 5.73 Å². The van der Waals surface area contributed by atoms with Crippen molar-refractivity contribution >= 4 is 35.6 Å². The molecule has 0 bridgehead atoms. The van der Waals surface area contributed by atoms with Crippen LogP contribution in [0.2, 0.25) is 0 Å². The number of hydrogen-bond donors (Lipinski definition) is 1. The van der Waals surface area contributed by atoms with E-state index in [1.54, 1.807) is 12.1 Å². The fraction of sp³-hybridized carbons (Fsp3) is 0.500. The lowest BCUT2D eigenvalue weighted by atomic mass is 10.0. The standard InChI is InChI=1S/C14H20N4O2.HI/c1-11-3-2-8-17(10-11)14(15)16-9-12-4-6-13(7-5-12)18(19)20;/h4-7,11H,2-3,8-10H2,1H3,(H2,15,16);1H. The van der Waals surface area contributed by atoms with Gasteiger partial charge in [0.25, 0.3) is 5.69 Å². The van der Waals surface area contributed by atoms with Crippen LogP contribution in [0.5, 0.6) is 0 Å². The Morgan fingerprint density at radius 2 is 2.14 bits per heavy atom. The highest BCUT2D eigenvalue weighted by atomic mass is 127. The monoisotopic (exact) mass is 404 g/mol. The SMILES string of the molecule is CC1CCCN(C(N)=NCc2ccc([N+](=O)[O-])cc2)C1.I. The van der Waals surface area contributed by atoms with Crippen molar-refractivity contribution in [3.05, 3.63) is 39.9 Å². The topological polar surface area (TPSA) is 84.8 Å². The van der Waals surface area contributed by atoms with E-state index in [1.165, 1.54) is 18.6 Å². The second-order valence-electron chi connectivity index (χ2n) is 5.29. The molecule has 1 unspecified atom stereocenters. The molecule has 2 rings (SSSR count). The van der Waals surface area contributed by atoms with Crippen LogP contribution in [0.1, 0.15) is 25.3 Å². The van der Waals surface area contributed by atoms with Gasteiger partial charge in [0, 0.05) is 25.2 Å². The number of nitrogens with zero attached hydrogens (tertiary/aromatic N) is 3. The quantitative estimate of drug-likeness (QED) is 0.276. The summed E-state index contributed by atoms with van der Waals surface area (Å²) in [6, 6.07) is 6.41. The number of halogens is 1. The van der Waals surface area contributed by atoms with Crippen LogP contribution in [0.15, 0.2) is 29.3 Å². The van der Waals surface area contributed by atoms with E-state index >= 15 is 0 Å². The van der Waals surface area contributed by atoms with E-state index in [0.717, 1.165) is 25.1 Å². The average Bonchev–Trinajstić information content (AvgIpc) is 2.45. The lowest BCUT2D eigenvalue weighted by Gasteiger charge is -2.31. The van der Waals surface area contributed by atoms with Crippen molar-refractivity contribution in [2.75, 3.05) is 13.1 Å². The minimum atomic E-state index is -0.406. The fourth-order valence-corrected chi connectivity index (χ4v) is 2.39. The Morgan fingerprint density at radius 1 is 1.48 bits per heavy atom. The zero-order chi connectivity index (χ0) is 14.5. The van der Waals surface area contributed by atoms with Gasteiger partial charge in [0.1, 0.15) is 0 Å². The van der Waals surface area contributed by atoms with Crippen molar-refractivity contribution in [1.29, 1.82) is 0 Å². The van der Waals surface area contributed by atoms with Crippen molar-refractivity contribution < 1.29 is 4.92 Å². The summed E-state index contributed by atoms with van der Waals surface area (Å²) in [4.78, 5) is 16.6. The molecule has 1 aliphatic heterocycles. The van der Waals surface area contributed by atoms with E-state index < -0.39 is 4.92 Å². The molecule has 1 aromatic rings. The van der Waals surface area contributed by atoms with E-state index in [2.05, 4.69) is 16.8 Å². The number of non-ortho nitro benzene ring substituents is 1. The maximum atomic E-state index is 10.6. The van der Waals surface area contributed by atoms with Gasteiger partial charge in [-0.1, -0.05) is 19.1 Å². The molecule has 1 atom stereocenters. The number of benzene rings is 1. The predicted molar refractivity (Wildman–Crippen MR) is 93.8 cm³/mol. The number of guanidine groups is 1. The van der Waals surface area contributed by atoms with Gasteiger partial charge in [0.15, 0.2) is 5.96 Å². The van der Waals surface area contributed by atoms with E-state index in [0.29, 0.717) is 18.4 Å². The minimum absolute atomic E-state index is 0. The smallest absolute Gasteiger partial charge is 0.269 e. The third-order valence-electron chi connectivity index (χ3n) is 3.55. The molecule has 0 amide bonds. The number of piperidine rings is 1. The van der Waals surface area contributed by atoms with Crippen molar-refractivity contribution in [1.82, 2.24) is 4.90 Å². The first-order chi connectivity index (χ1) is 9.56. The number of hydrogen-bond acceptors (Lipinski definition) is 3. The van der Waals surface area contributed by atoms with Crippen LogP contribution in [0, 0.1) is 16.0 Å². The van der Waals surface area contributed by atoms with Crippen LogP contribution in [-0.2, 0) is 6.54 Å². The lowest BCUT2D eigenvalue weighted by molar-refractivity contribution is -0.384. The molecule has 1 fully saturated rings. The van der Waals surface area contributed by atoms with Gasteiger partial charge >= 0.3 is 0 Å². The van der Waals surface area contributed by atoms with Gasteiger partial charge in [-0.2, -0.15) is 0 Å². The number of rotatable bonds is 3. The van der Waals surface area contributed by atoms with E-state index in [9.17, 15) is 10.1 Å². The predicted octanol–water partition coefficient (Wildman–Crippen LogP) is 2.76. The Bertz CT molecular complexity index is 504. The van der Waals surface area contributed by atoms with Crippen LogP contribution >= 0.6 is 24.0 Å². The van der Waals surface area contributed by atoms with Gasteiger partial charge in [0.05, 0.1) is 11.5 Å². The van der Waals surface area contributed by atoms with Crippen LogP contribution in [0.4, 0.5) is 5.69 Å². The second kappa shape index (κ2) is 8.16. The molecule has 6 nitrogen and oxygen atoms in total. The first-order valence-corrected chi connectivity index (χ1v) is 6.84. The molecule has 0 radical (unpaired) electrons. The highest BCUT2D eigenvalue weighted by molar-refractivity contribution is 14.0. The molecule has 1 aliphatic rings. The summed E-state index contributed by atoms with van der Waals surface area (Å²) in [5.74, 6) is 1.21. The summed E-state index contributed by atoms with van der Waals surface area (Å²) in [5, 5.41) is 10.6. The molecule has 2 N–H and O–H groups in total. The lowest BCUT2D eigenvalue weighted by Crippen LogP contribution is -2.43. The second-order valence-corrected chi connectivity index (χ2v) is 5.29. The van der Waals surface area contributed by atoms with Gasteiger partial charge in [-0.3, -0.25) is 10.1 Å². The molecule has 1 saturated heterocycles. The first-order valence-electron chi connectivity index (χ1n) is 6.84. The Labute approximate surface area is 141 Å². The summed E-state index contributed by atoms with van der Waals surface area (Å²) in [6.07, 6.45) is 2.39. The van der Waals surface area contributed by atoms with Crippen molar-refractivity contribution in [3.8, 4) is 0 Å². The molecule has 21 heavy (non-hydrogen) atoms. The normalized spacial score (nSPS) is 19.0.